The summed E-state index contributed by atoms with van der Waals surface area (Å²) in [5.41, 5.74) is 1.10. The molecular formula is C30H39N2O2PSi. The molecule has 6 rings (SSSR count). The van der Waals surface area contributed by atoms with Crippen molar-refractivity contribution >= 4 is 33.2 Å². The van der Waals surface area contributed by atoms with Gasteiger partial charge in [-0.1, -0.05) is 103 Å². The van der Waals surface area contributed by atoms with E-state index in [0.717, 1.165) is 25.0 Å². The quantitative estimate of drug-likeness (QED) is 0.288. The minimum Gasteiger partial charge on any atom is -0.540 e. The third-order valence-electron chi connectivity index (χ3n) is 9.14. The van der Waals surface area contributed by atoms with Crippen LogP contribution in [0.3, 0.4) is 0 Å². The summed E-state index contributed by atoms with van der Waals surface area (Å²) in [6.07, 6.45) is 14.0. The number of carbonyl (C=O) groups excluding carboxylic acids is 1. The van der Waals surface area contributed by atoms with E-state index in [0.29, 0.717) is 0 Å². The smallest absolute Gasteiger partial charge is 0.302 e. The molecule has 1 aromatic carbocycles. The van der Waals surface area contributed by atoms with Gasteiger partial charge in [0.25, 0.3) is 0 Å². The summed E-state index contributed by atoms with van der Waals surface area (Å²) in [6, 6.07) is 11.1. The number of carbonyl (C=O) groups is 1. The predicted molar refractivity (Wildman–Crippen MR) is 152 cm³/mol. The first kappa shape index (κ1) is 24.4. The summed E-state index contributed by atoms with van der Waals surface area (Å²) < 4.78 is 9.60. The zero-order valence-electron chi connectivity index (χ0n) is 22.8. The van der Waals surface area contributed by atoms with Crippen molar-refractivity contribution in [3.05, 3.63) is 65.7 Å². The number of fused-ring (bicyclic) bond motifs is 1. The Morgan fingerprint density at radius 2 is 1.83 bits per heavy atom. The number of allylic oxidation sites excluding steroid dienone is 6. The standard InChI is InChI=1S/C30H39N2O2PSi/c1-21(33)32-31-24-18-12-13-19-29(24)23-17-11-14-20-30(23)26(35(29)32)25(27(2,3)4)34-36(30,28(5,6)7)22-15-9-8-10-16-22/h8-11,14-17,20,23H,12-13,18-19H2,1-7H3/t23-,29-,30+,35?,36+/m0/s1. The van der Waals surface area contributed by atoms with E-state index in [1.165, 1.54) is 22.6 Å². The van der Waals surface area contributed by atoms with Crippen molar-refractivity contribution in [2.24, 2.45) is 16.4 Å². The van der Waals surface area contributed by atoms with Crippen LogP contribution < -0.4 is 5.19 Å². The van der Waals surface area contributed by atoms with Crippen molar-refractivity contribution in [1.82, 2.24) is 4.78 Å². The first-order valence-corrected chi connectivity index (χ1v) is 16.7. The highest BCUT2D eigenvalue weighted by atomic mass is 31.1. The minimum atomic E-state index is -2.80. The molecule has 2 fully saturated rings. The van der Waals surface area contributed by atoms with Crippen LogP contribution in [0.25, 0.3) is 0 Å². The van der Waals surface area contributed by atoms with E-state index in [4.69, 9.17) is 9.53 Å². The summed E-state index contributed by atoms with van der Waals surface area (Å²) in [5, 5.41) is 7.48. The molecule has 1 unspecified atom stereocenters. The van der Waals surface area contributed by atoms with Gasteiger partial charge in [-0.05, 0) is 29.5 Å². The Hall–Kier alpha value is -1.97. The monoisotopic (exact) mass is 518 g/mol. The van der Waals surface area contributed by atoms with Gasteiger partial charge >= 0.3 is 8.32 Å². The molecule has 0 radical (unpaired) electrons. The summed E-state index contributed by atoms with van der Waals surface area (Å²) in [4.78, 5) is 13.3. The Labute approximate surface area is 218 Å². The van der Waals surface area contributed by atoms with Gasteiger partial charge in [-0.25, -0.2) is 4.78 Å². The zero-order chi connectivity index (χ0) is 25.7. The lowest BCUT2D eigenvalue weighted by molar-refractivity contribution is -0.124. The number of benzene rings is 1. The van der Waals surface area contributed by atoms with Gasteiger partial charge in [0.05, 0.1) is 29.7 Å². The van der Waals surface area contributed by atoms with Crippen molar-refractivity contribution in [3.63, 3.8) is 0 Å². The van der Waals surface area contributed by atoms with Crippen molar-refractivity contribution in [1.29, 1.82) is 0 Å². The first-order valence-electron chi connectivity index (χ1n) is 13.5. The molecule has 3 aliphatic heterocycles. The van der Waals surface area contributed by atoms with E-state index in [9.17, 15) is 4.79 Å². The molecule has 2 aliphatic carbocycles. The zero-order valence-corrected chi connectivity index (χ0v) is 24.7. The maximum Gasteiger partial charge on any atom is 0.302 e. The molecule has 6 heteroatoms. The second-order valence-electron chi connectivity index (χ2n) is 13.2. The molecule has 0 N–H and O–H groups in total. The molecule has 4 nitrogen and oxygen atoms in total. The van der Waals surface area contributed by atoms with E-state index in [2.05, 4.69) is 96.2 Å². The number of hydrogen-bond donors (Lipinski definition) is 0. The van der Waals surface area contributed by atoms with Gasteiger partial charge in [-0.15, -0.1) is 0 Å². The second kappa shape index (κ2) is 7.54. The van der Waals surface area contributed by atoms with Gasteiger partial charge < -0.3 is 4.43 Å². The number of rotatable bonds is 1. The lowest BCUT2D eigenvalue weighted by Gasteiger charge is -2.53. The van der Waals surface area contributed by atoms with Crippen molar-refractivity contribution < 1.29 is 9.22 Å². The molecule has 2 spiro atoms. The van der Waals surface area contributed by atoms with Crippen LogP contribution >= 0.6 is 8.07 Å². The minimum absolute atomic E-state index is 0.0690. The molecule has 1 saturated carbocycles. The Bertz CT molecular complexity index is 1250. The fraction of sp³-hybridized carbons (Fsp3) is 0.533. The summed E-state index contributed by atoms with van der Waals surface area (Å²) in [6.45, 7) is 15.7. The van der Waals surface area contributed by atoms with Crippen LogP contribution in [0, 0.1) is 11.3 Å². The van der Waals surface area contributed by atoms with Crippen LogP contribution in [-0.4, -0.2) is 29.9 Å². The Balaban J connectivity index is 1.77. The maximum absolute atomic E-state index is 13.3. The van der Waals surface area contributed by atoms with E-state index in [1.807, 2.05) is 4.78 Å². The Kier molecular flexibility index (Phi) is 5.10. The van der Waals surface area contributed by atoms with Gasteiger partial charge in [-0.3, -0.25) is 4.79 Å². The van der Waals surface area contributed by atoms with Crippen molar-refractivity contribution in [2.45, 2.75) is 89.4 Å². The number of hydrazone groups is 1. The largest absolute Gasteiger partial charge is 0.540 e. The van der Waals surface area contributed by atoms with Crippen LogP contribution in [0.5, 0.6) is 0 Å². The van der Waals surface area contributed by atoms with Gasteiger partial charge in [0.15, 0.2) is 0 Å². The summed E-state index contributed by atoms with van der Waals surface area (Å²) in [7, 11) is -3.80. The third kappa shape index (κ3) is 2.69. The highest BCUT2D eigenvalue weighted by molar-refractivity contribution is 7.64. The molecule has 0 bridgehead atoms. The summed E-state index contributed by atoms with van der Waals surface area (Å²) >= 11 is 0. The lowest BCUT2D eigenvalue weighted by atomic mass is 9.70. The lowest BCUT2D eigenvalue weighted by Crippen LogP contribution is -2.66. The van der Waals surface area contributed by atoms with Gasteiger partial charge in [0.2, 0.25) is 5.91 Å². The van der Waals surface area contributed by atoms with Gasteiger partial charge in [0.1, 0.15) is 0 Å². The Morgan fingerprint density at radius 1 is 1.11 bits per heavy atom. The fourth-order valence-electron chi connectivity index (χ4n) is 8.05. The number of amides is 1. The van der Waals surface area contributed by atoms with Crippen LogP contribution in [0.2, 0.25) is 10.1 Å². The maximum atomic E-state index is 13.3. The highest BCUT2D eigenvalue weighted by Crippen LogP contribution is 2.89. The van der Waals surface area contributed by atoms with Gasteiger partial charge in [-0.2, -0.15) is 5.10 Å². The van der Waals surface area contributed by atoms with Crippen LogP contribution in [0.1, 0.15) is 74.1 Å². The molecule has 190 valence electrons. The average molecular weight is 519 g/mol. The second-order valence-corrected chi connectivity index (χ2v) is 19.9. The molecule has 3 heterocycles. The van der Waals surface area contributed by atoms with Crippen LogP contribution in [0.15, 0.2) is 70.8 Å². The van der Waals surface area contributed by atoms with Crippen LogP contribution in [-0.2, 0) is 9.22 Å². The molecule has 1 saturated heterocycles. The molecule has 5 aliphatic rings. The normalized spacial score (nSPS) is 36.8. The predicted octanol–water partition coefficient (Wildman–Crippen LogP) is 7.35. The molecule has 1 aromatic rings. The molecule has 5 atom stereocenters. The van der Waals surface area contributed by atoms with Crippen LogP contribution in [0.4, 0.5) is 0 Å². The number of hydrogen-bond acceptors (Lipinski definition) is 3. The highest BCUT2D eigenvalue weighted by Gasteiger charge is 2.83. The van der Waals surface area contributed by atoms with E-state index in [1.54, 1.807) is 6.92 Å². The number of nitrogens with zero attached hydrogens (tertiary/aromatic N) is 2. The molecule has 0 aromatic heterocycles. The van der Waals surface area contributed by atoms with E-state index < -0.39 is 16.4 Å². The van der Waals surface area contributed by atoms with E-state index in [-0.39, 0.29) is 32.5 Å². The topological polar surface area (TPSA) is 41.9 Å². The Morgan fingerprint density at radius 3 is 2.47 bits per heavy atom. The fourth-order valence-corrected chi connectivity index (χ4v) is 19.0. The summed E-state index contributed by atoms with van der Waals surface area (Å²) in [5.74, 6) is 1.46. The molecular weight excluding hydrogens is 479 g/mol. The SMILES string of the molecule is CC(=O)N1N=C2CCCC[C@]23[C@@H]2C=CC=C[C@]24C(=C(C(C)(C)C)O[Si@]4(c2ccccc2)C(C)(C)C)P13. The average Bonchev–Trinajstić information content (AvgIpc) is 3.39. The van der Waals surface area contributed by atoms with E-state index >= 15 is 0 Å². The van der Waals surface area contributed by atoms with Crippen molar-refractivity contribution in [2.75, 3.05) is 0 Å². The van der Waals surface area contributed by atoms with Gasteiger partial charge in [0, 0.05) is 23.6 Å². The molecule has 1 amide bonds. The third-order valence-corrected chi connectivity index (χ3v) is 18.3. The molecule has 36 heavy (non-hydrogen) atoms. The first-order chi connectivity index (χ1) is 16.9. The van der Waals surface area contributed by atoms with Crippen molar-refractivity contribution in [3.8, 4) is 0 Å².